The first-order valence-electron chi connectivity index (χ1n) is 12.6. The summed E-state index contributed by atoms with van der Waals surface area (Å²) >= 11 is 12.4. The average Bonchev–Trinajstić information content (AvgIpc) is 3.25. The van der Waals surface area contributed by atoms with Gasteiger partial charge in [0.25, 0.3) is 0 Å². The molecule has 2 N–H and O–H groups in total. The van der Waals surface area contributed by atoms with Crippen molar-refractivity contribution in [3.05, 3.63) is 69.2 Å². The van der Waals surface area contributed by atoms with Crippen LogP contribution in [0.4, 0.5) is 0 Å². The second kappa shape index (κ2) is 13.7. The first-order chi connectivity index (χ1) is 17.3. The molecule has 1 aliphatic rings. The smallest absolute Gasteiger partial charge is 0.303 e. The van der Waals surface area contributed by atoms with Crippen molar-refractivity contribution in [3.63, 3.8) is 0 Å². The summed E-state index contributed by atoms with van der Waals surface area (Å²) in [6.07, 6.45) is 5.80. The first-order valence-corrected chi connectivity index (χ1v) is 13.3. The van der Waals surface area contributed by atoms with E-state index in [2.05, 4.69) is 17.4 Å². The highest BCUT2D eigenvalue weighted by Gasteiger charge is 2.35. The molecular formula is C28H34Cl2N2O4. The lowest BCUT2D eigenvalue weighted by Gasteiger charge is -2.26. The van der Waals surface area contributed by atoms with Crippen LogP contribution in [0.5, 0.6) is 0 Å². The Bertz CT molecular complexity index is 1080. The molecule has 1 aliphatic carbocycles. The number of hydrogen-bond acceptors (Lipinski definition) is 3. The van der Waals surface area contributed by atoms with Gasteiger partial charge in [-0.15, -0.1) is 0 Å². The van der Waals surface area contributed by atoms with Crippen LogP contribution in [0.15, 0.2) is 42.5 Å². The quantitative estimate of drug-likeness (QED) is 0.294. The van der Waals surface area contributed by atoms with E-state index in [1.54, 1.807) is 0 Å². The molecule has 194 valence electrons. The number of rotatable bonds is 13. The topological polar surface area (TPSA) is 86.7 Å². The van der Waals surface area contributed by atoms with Crippen molar-refractivity contribution >= 4 is 41.0 Å². The van der Waals surface area contributed by atoms with Gasteiger partial charge in [-0.3, -0.25) is 14.4 Å². The van der Waals surface area contributed by atoms with Gasteiger partial charge in [-0.2, -0.15) is 0 Å². The number of carbonyl (C=O) groups is 3. The van der Waals surface area contributed by atoms with Gasteiger partial charge in [0.15, 0.2) is 0 Å². The summed E-state index contributed by atoms with van der Waals surface area (Å²) in [4.78, 5) is 36.9. The standard InChI is InChI=1S/C28H34Cl2N2O4/c1-32(27(34)11-5-3-2-4-8-16-31-26(33)14-15-28(35)36)25-18-22(20-9-6-7-10-21(20)25)19-12-13-23(29)24(30)17-19/h6-7,9-10,12-13,17,22,25H,2-5,8,11,14-16,18H2,1H3,(H,31,33)(H,35,36)/t22-,25+/m0/s1. The van der Waals surface area contributed by atoms with Gasteiger partial charge in [-0.25, -0.2) is 0 Å². The van der Waals surface area contributed by atoms with Crippen molar-refractivity contribution < 1.29 is 19.5 Å². The Morgan fingerprint density at radius 1 is 0.917 bits per heavy atom. The van der Waals surface area contributed by atoms with E-state index >= 15 is 0 Å². The number of unbranched alkanes of at least 4 members (excludes halogenated alkanes) is 4. The zero-order valence-electron chi connectivity index (χ0n) is 20.6. The number of nitrogens with zero attached hydrogens (tertiary/aromatic N) is 1. The van der Waals surface area contributed by atoms with Crippen molar-refractivity contribution in [2.24, 2.45) is 0 Å². The summed E-state index contributed by atoms with van der Waals surface area (Å²) in [7, 11) is 1.90. The molecule has 2 amide bonds. The van der Waals surface area contributed by atoms with Crippen molar-refractivity contribution in [1.82, 2.24) is 10.2 Å². The molecule has 0 saturated heterocycles. The molecule has 0 heterocycles. The molecule has 0 bridgehead atoms. The summed E-state index contributed by atoms with van der Waals surface area (Å²) in [6.45, 7) is 0.557. The number of hydrogen-bond donors (Lipinski definition) is 2. The van der Waals surface area contributed by atoms with Crippen LogP contribution in [0.3, 0.4) is 0 Å². The summed E-state index contributed by atoms with van der Waals surface area (Å²) < 4.78 is 0. The number of nitrogens with one attached hydrogen (secondary N) is 1. The van der Waals surface area contributed by atoms with E-state index in [1.165, 1.54) is 11.1 Å². The molecule has 0 saturated carbocycles. The molecule has 0 unspecified atom stereocenters. The Hall–Kier alpha value is -2.57. The Labute approximate surface area is 223 Å². The molecule has 0 spiro atoms. The van der Waals surface area contributed by atoms with E-state index in [9.17, 15) is 14.4 Å². The molecule has 2 aromatic rings. The lowest BCUT2D eigenvalue weighted by Crippen LogP contribution is -2.30. The van der Waals surface area contributed by atoms with Crippen LogP contribution in [-0.2, 0) is 14.4 Å². The number of aliphatic carboxylic acids is 1. The van der Waals surface area contributed by atoms with E-state index in [4.69, 9.17) is 28.3 Å². The Morgan fingerprint density at radius 3 is 2.33 bits per heavy atom. The normalized spacial score (nSPS) is 16.4. The van der Waals surface area contributed by atoms with Crippen molar-refractivity contribution in [3.8, 4) is 0 Å². The molecule has 3 rings (SSSR count). The van der Waals surface area contributed by atoms with Crippen LogP contribution in [-0.4, -0.2) is 41.4 Å². The maximum absolute atomic E-state index is 13.0. The van der Waals surface area contributed by atoms with Gasteiger partial charge in [0, 0.05) is 32.4 Å². The van der Waals surface area contributed by atoms with Crippen LogP contribution in [0.2, 0.25) is 10.0 Å². The number of halogens is 2. The Morgan fingerprint density at radius 2 is 1.61 bits per heavy atom. The first kappa shape index (κ1) is 28.0. The van der Waals surface area contributed by atoms with Gasteiger partial charge >= 0.3 is 5.97 Å². The maximum Gasteiger partial charge on any atom is 0.303 e. The van der Waals surface area contributed by atoms with E-state index < -0.39 is 5.97 Å². The SMILES string of the molecule is CN(C(=O)CCCCCCCNC(=O)CCC(=O)O)[C@@H]1C[C@@H](c2ccc(Cl)c(Cl)c2)c2ccccc21. The second-order valence-corrected chi connectivity index (χ2v) is 10.2. The van der Waals surface area contributed by atoms with Gasteiger partial charge in [0.2, 0.25) is 11.8 Å². The number of carboxylic acids is 1. The van der Waals surface area contributed by atoms with Crippen LogP contribution < -0.4 is 5.32 Å². The van der Waals surface area contributed by atoms with Crippen LogP contribution in [0.1, 0.15) is 86.4 Å². The predicted molar refractivity (Wildman–Crippen MR) is 142 cm³/mol. The van der Waals surface area contributed by atoms with E-state index in [-0.39, 0.29) is 36.6 Å². The van der Waals surface area contributed by atoms with Crippen LogP contribution in [0, 0.1) is 0 Å². The van der Waals surface area contributed by atoms with Gasteiger partial charge < -0.3 is 15.3 Å². The molecule has 36 heavy (non-hydrogen) atoms. The van der Waals surface area contributed by atoms with Gasteiger partial charge in [0.1, 0.15) is 0 Å². The average molecular weight is 533 g/mol. The summed E-state index contributed by atoms with van der Waals surface area (Å²) in [5.74, 6) is -0.870. The third-order valence-electron chi connectivity index (χ3n) is 6.85. The molecule has 0 aliphatic heterocycles. The van der Waals surface area contributed by atoms with E-state index in [1.807, 2.05) is 42.3 Å². The van der Waals surface area contributed by atoms with Crippen molar-refractivity contribution in [2.75, 3.05) is 13.6 Å². The summed E-state index contributed by atoms with van der Waals surface area (Å²) in [6, 6.07) is 14.1. The summed E-state index contributed by atoms with van der Waals surface area (Å²) in [5, 5.41) is 12.4. The molecule has 2 aromatic carbocycles. The highest BCUT2D eigenvalue weighted by atomic mass is 35.5. The fourth-order valence-electron chi connectivity index (χ4n) is 4.84. The second-order valence-electron chi connectivity index (χ2n) is 9.37. The molecule has 0 radical (unpaired) electrons. The zero-order valence-corrected chi connectivity index (χ0v) is 22.2. The molecule has 6 nitrogen and oxygen atoms in total. The number of carbonyl (C=O) groups excluding carboxylic acids is 2. The van der Waals surface area contributed by atoms with Crippen LogP contribution in [0.25, 0.3) is 0 Å². The third-order valence-corrected chi connectivity index (χ3v) is 7.59. The molecule has 8 heteroatoms. The van der Waals surface area contributed by atoms with Crippen molar-refractivity contribution in [2.45, 2.75) is 69.7 Å². The highest BCUT2D eigenvalue weighted by molar-refractivity contribution is 6.42. The highest BCUT2D eigenvalue weighted by Crippen LogP contribution is 2.47. The Kier molecular flexibility index (Phi) is 10.6. The fraction of sp³-hybridized carbons (Fsp3) is 0.464. The molecule has 2 atom stereocenters. The van der Waals surface area contributed by atoms with Gasteiger partial charge in [-0.1, -0.05) is 72.8 Å². The third kappa shape index (κ3) is 7.71. The lowest BCUT2D eigenvalue weighted by molar-refractivity contribution is -0.138. The largest absolute Gasteiger partial charge is 0.481 e. The molecular weight excluding hydrogens is 499 g/mol. The number of fused-ring (bicyclic) bond motifs is 1. The predicted octanol–water partition coefficient (Wildman–Crippen LogP) is 6.35. The van der Waals surface area contributed by atoms with E-state index in [0.717, 1.165) is 44.1 Å². The molecule has 0 fully saturated rings. The van der Waals surface area contributed by atoms with Crippen LogP contribution >= 0.6 is 23.2 Å². The Balaban J connectivity index is 1.42. The van der Waals surface area contributed by atoms with Gasteiger partial charge in [0.05, 0.1) is 22.5 Å². The lowest BCUT2D eigenvalue weighted by atomic mass is 9.93. The zero-order chi connectivity index (χ0) is 26.1. The minimum Gasteiger partial charge on any atom is -0.481 e. The maximum atomic E-state index is 13.0. The number of benzene rings is 2. The summed E-state index contributed by atoms with van der Waals surface area (Å²) in [5.41, 5.74) is 3.53. The number of amides is 2. The molecule has 0 aromatic heterocycles. The minimum atomic E-state index is -0.964. The fourth-order valence-corrected chi connectivity index (χ4v) is 5.15. The minimum absolute atomic E-state index is 0.0185. The van der Waals surface area contributed by atoms with Gasteiger partial charge in [-0.05, 0) is 48.1 Å². The number of carboxylic acid groups (broad SMARTS) is 1. The van der Waals surface area contributed by atoms with Crippen molar-refractivity contribution in [1.29, 1.82) is 0 Å². The monoisotopic (exact) mass is 532 g/mol. The van der Waals surface area contributed by atoms with E-state index in [0.29, 0.717) is 23.0 Å².